The highest BCUT2D eigenvalue weighted by Gasteiger charge is 2.24. The van der Waals surface area contributed by atoms with Gasteiger partial charge in [-0.25, -0.2) is 0 Å². The van der Waals surface area contributed by atoms with E-state index in [1.807, 2.05) is 30.3 Å². The highest BCUT2D eigenvalue weighted by Crippen LogP contribution is 2.33. The second-order valence-corrected chi connectivity index (χ2v) is 4.74. The summed E-state index contributed by atoms with van der Waals surface area (Å²) in [5.41, 5.74) is 2.07. The van der Waals surface area contributed by atoms with Crippen LogP contribution in [0.1, 0.15) is 17.2 Å². The zero-order chi connectivity index (χ0) is 13.1. The predicted octanol–water partition coefficient (Wildman–Crippen LogP) is 3.38. The molecule has 0 bridgehead atoms. The minimum Gasteiger partial charge on any atom is -0.493 e. The lowest BCUT2D eigenvalue weighted by molar-refractivity contribution is 0.248. The molecule has 1 aliphatic rings. The zero-order valence-electron chi connectivity index (χ0n) is 10.4. The van der Waals surface area contributed by atoms with Gasteiger partial charge in [0.25, 0.3) is 0 Å². The van der Waals surface area contributed by atoms with Crippen molar-refractivity contribution in [2.24, 2.45) is 0 Å². The van der Waals surface area contributed by atoms with E-state index in [2.05, 4.69) is 11.1 Å². The van der Waals surface area contributed by atoms with Crippen molar-refractivity contribution < 1.29 is 9.47 Å². The number of fused-ring (bicyclic) bond motifs is 1. The molecule has 1 aromatic carbocycles. The first kappa shape index (κ1) is 12.3. The van der Waals surface area contributed by atoms with Crippen LogP contribution in [0.15, 0.2) is 42.6 Å². The lowest BCUT2D eigenvalue weighted by Gasteiger charge is -2.11. The summed E-state index contributed by atoms with van der Waals surface area (Å²) in [4.78, 5) is 4.20. The third-order valence-corrected chi connectivity index (χ3v) is 3.46. The quantitative estimate of drug-likeness (QED) is 0.802. The molecule has 1 aromatic heterocycles. The normalized spacial score (nSPS) is 16.8. The SMILES string of the molecule is ClCc1ccc(OCC2COc3ccccc32)cn1. The van der Waals surface area contributed by atoms with E-state index in [9.17, 15) is 0 Å². The summed E-state index contributed by atoms with van der Waals surface area (Å²) in [6.07, 6.45) is 1.71. The van der Waals surface area contributed by atoms with E-state index in [0.717, 1.165) is 17.2 Å². The minimum atomic E-state index is 0.281. The van der Waals surface area contributed by atoms with Crippen molar-refractivity contribution in [1.29, 1.82) is 0 Å². The van der Waals surface area contributed by atoms with Crippen LogP contribution < -0.4 is 9.47 Å². The lowest BCUT2D eigenvalue weighted by Crippen LogP contribution is -2.11. The lowest BCUT2D eigenvalue weighted by atomic mass is 10.0. The van der Waals surface area contributed by atoms with Crippen molar-refractivity contribution in [3.8, 4) is 11.5 Å². The molecule has 0 saturated heterocycles. The van der Waals surface area contributed by atoms with Crippen LogP contribution in [0.5, 0.6) is 11.5 Å². The van der Waals surface area contributed by atoms with Gasteiger partial charge in [-0.2, -0.15) is 0 Å². The van der Waals surface area contributed by atoms with E-state index in [-0.39, 0.29) is 5.92 Å². The number of ether oxygens (including phenoxy) is 2. The number of para-hydroxylation sites is 1. The molecule has 1 unspecified atom stereocenters. The maximum atomic E-state index is 5.76. The second kappa shape index (κ2) is 5.49. The fourth-order valence-electron chi connectivity index (χ4n) is 2.14. The molecule has 0 N–H and O–H groups in total. The number of benzene rings is 1. The van der Waals surface area contributed by atoms with Crippen LogP contribution in [0.3, 0.4) is 0 Å². The van der Waals surface area contributed by atoms with Gasteiger partial charge in [0.2, 0.25) is 0 Å². The van der Waals surface area contributed by atoms with E-state index in [1.165, 1.54) is 5.56 Å². The summed E-state index contributed by atoms with van der Waals surface area (Å²) in [6.45, 7) is 1.27. The van der Waals surface area contributed by atoms with Gasteiger partial charge in [-0.05, 0) is 18.2 Å². The number of hydrogen-bond acceptors (Lipinski definition) is 3. The Hall–Kier alpha value is -1.74. The van der Waals surface area contributed by atoms with Crippen molar-refractivity contribution in [2.75, 3.05) is 13.2 Å². The molecule has 0 amide bonds. The van der Waals surface area contributed by atoms with Gasteiger partial charge < -0.3 is 9.47 Å². The van der Waals surface area contributed by atoms with Crippen molar-refractivity contribution in [1.82, 2.24) is 4.98 Å². The van der Waals surface area contributed by atoms with Crippen LogP contribution in [0.2, 0.25) is 0 Å². The maximum Gasteiger partial charge on any atom is 0.137 e. The summed E-state index contributed by atoms with van der Waals surface area (Å²) in [6, 6.07) is 11.9. The number of alkyl halides is 1. The fourth-order valence-corrected chi connectivity index (χ4v) is 2.30. The van der Waals surface area contributed by atoms with Crippen LogP contribution in [0.25, 0.3) is 0 Å². The average Bonchev–Trinajstić information content (AvgIpc) is 2.89. The molecule has 2 heterocycles. The fraction of sp³-hybridized carbons (Fsp3) is 0.267. The van der Waals surface area contributed by atoms with E-state index in [0.29, 0.717) is 19.1 Å². The number of rotatable bonds is 4. The third kappa shape index (κ3) is 2.66. The summed E-state index contributed by atoms with van der Waals surface area (Å²) in [5.74, 6) is 2.43. The molecule has 0 radical (unpaired) electrons. The topological polar surface area (TPSA) is 31.4 Å². The largest absolute Gasteiger partial charge is 0.493 e. The van der Waals surface area contributed by atoms with Crippen molar-refractivity contribution in [3.63, 3.8) is 0 Å². The van der Waals surface area contributed by atoms with Gasteiger partial charge in [0.05, 0.1) is 36.9 Å². The highest BCUT2D eigenvalue weighted by molar-refractivity contribution is 6.16. The predicted molar refractivity (Wildman–Crippen MR) is 74.0 cm³/mol. The van der Waals surface area contributed by atoms with Gasteiger partial charge in [0.1, 0.15) is 11.5 Å². The van der Waals surface area contributed by atoms with E-state index in [1.54, 1.807) is 6.20 Å². The Morgan fingerprint density at radius 1 is 1.26 bits per heavy atom. The summed E-state index contributed by atoms with van der Waals surface area (Å²) in [5, 5.41) is 0. The van der Waals surface area contributed by atoms with Gasteiger partial charge in [0.15, 0.2) is 0 Å². The minimum absolute atomic E-state index is 0.281. The number of nitrogens with zero attached hydrogens (tertiary/aromatic N) is 1. The molecule has 0 spiro atoms. The molecule has 3 nitrogen and oxygen atoms in total. The Kier molecular flexibility index (Phi) is 3.56. The van der Waals surface area contributed by atoms with Gasteiger partial charge in [-0.3, -0.25) is 4.98 Å². The van der Waals surface area contributed by atoms with E-state index >= 15 is 0 Å². The molecule has 4 heteroatoms. The van der Waals surface area contributed by atoms with Crippen LogP contribution in [0.4, 0.5) is 0 Å². The Balaban J connectivity index is 1.64. The zero-order valence-corrected chi connectivity index (χ0v) is 11.1. The number of aromatic nitrogens is 1. The molecule has 0 saturated carbocycles. The summed E-state index contributed by atoms with van der Waals surface area (Å²) in [7, 11) is 0. The standard InChI is InChI=1S/C15H14ClNO2/c16-7-12-5-6-13(8-17-12)18-9-11-10-19-15-4-2-1-3-14(11)15/h1-6,8,11H,7,9-10H2. The van der Waals surface area contributed by atoms with Gasteiger partial charge in [-0.1, -0.05) is 18.2 Å². The van der Waals surface area contributed by atoms with E-state index < -0.39 is 0 Å². The van der Waals surface area contributed by atoms with Gasteiger partial charge >= 0.3 is 0 Å². The Bertz CT molecular complexity index is 556. The Labute approximate surface area is 117 Å². The molecule has 2 aromatic rings. The average molecular weight is 276 g/mol. The number of hydrogen-bond donors (Lipinski definition) is 0. The molecule has 1 atom stereocenters. The first-order valence-electron chi connectivity index (χ1n) is 6.22. The monoisotopic (exact) mass is 275 g/mol. The summed E-state index contributed by atoms with van der Waals surface area (Å²) < 4.78 is 11.4. The number of halogens is 1. The third-order valence-electron chi connectivity index (χ3n) is 3.18. The number of pyridine rings is 1. The van der Waals surface area contributed by atoms with Crippen molar-refractivity contribution in [2.45, 2.75) is 11.8 Å². The second-order valence-electron chi connectivity index (χ2n) is 4.48. The van der Waals surface area contributed by atoms with Crippen LogP contribution in [0, 0.1) is 0 Å². The molecular weight excluding hydrogens is 262 g/mol. The van der Waals surface area contributed by atoms with Crippen LogP contribution in [-0.2, 0) is 5.88 Å². The van der Waals surface area contributed by atoms with Crippen LogP contribution in [-0.4, -0.2) is 18.2 Å². The molecule has 3 rings (SSSR count). The summed E-state index contributed by atoms with van der Waals surface area (Å²) >= 11 is 5.70. The van der Waals surface area contributed by atoms with E-state index in [4.69, 9.17) is 21.1 Å². The first-order valence-corrected chi connectivity index (χ1v) is 6.75. The van der Waals surface area contributed by atoms with Gasteiger partial charge in [0, 0.05) is 5.56 Å². The van der Waals surface area contributed by atoms with Crippen molar-refractivity contribution in [3.05, 3.63) is 53.9 Å². The van der Waals surface area contributed by atoms with Crippen molar-refractivity contribution >= 4 is 11.6 Å². The molecular formula is C15H14ClNO2. The Morgan fingerprint density at radius 2 is 2.16 bits per heavy atom. The van der Waals surface area contributed by atoms with Gasteiger partial charge in [-0.15, -0.1) is 11.6 Å². The first-order chi connectivity index (χ1) is 9.36. The molecule has 19 heavy (non-hydrogen) atoms. The molecule has 0 aliphatic carbocycles. The highest BCUT2D eigenvalue weighted by atomic mass is 35.5. The smallest absolute Gasteiger partial charge is 0.137 e. The molecule has 1 aliphatic heterocycles. The molecule has 98 valence electrons. The Morgan fingerprint density at radius 3 is 2.95 bits per heavy atom. The molecule has 0 fully saturated rings. The maximum absolute atomic E-state index is 5.76. The van der Waals surface area contributed by atoms with Crippen LogP contribution >= 0.6 is 11.6 Å².